The van der Waals surface area contributed by atoms with Gasteiger partial charge in [0.15, 0.2) is 0 Å². The number of para-hydroxylation sites is 1. The van der Waals surface area contributed by atoms with Crippen LogP contribution in [0.2, 0.25) is 0 Å². The van der Waals surface area contributed by atoms with Gasteiger partial charge in [-0.05, 0) is 24.6 Å². The lowest BCUT2D eigenvalue weighted by Crippen LogP contribution is -2.28. The second-order valence-electron chi connectivity index (χ2n) is 4.43. The molecule has 1 amide bonds. The number of rotatable bonds is 6. The highest BCUT2D eigenvalue weighted by Crippen LogP contribution is 2.23. The molecule has 0 unspecified atom stereocenters. The van der Waals surface area contributed by atoms with Crippen LogP contribution in [0.5, 0.6) is 0 Å². The smallest absolute Gasteiger partial charge is 0.230 e. The number of aryl methyl sites for hydroxylation is 1. The monoisotopic (exact) mass is 290 g/mol. The van der Waals surface area contributed by atoms with E-state index in [0.717, 1.165) is 15.9 Å². The van der Waals surface area contributed by atoms with E-state index in [-0.39, 0.29) is 5.91 Å². The number of thioether (sulfide) groups is 1. The van der Waals surface area contributed by atoms with Gasteiger partial charge >= 0.3 is 0 Å². The van der Waals surface area contributed by atoms with Gasteiger partial charge in [0.05, 0.1) is 22.9 Å². The fourth-order valence-corrected chi connectivity index (χ4v) is 2.68. The average molecular weight is 290 g/mol. The molecule has 2 rings (SSSR count). The van der Waals surface area contributed by atoms with E-state index in [9.17, 15) is 4.79 Å². The Morgan fingerprint density at radius 3 is 3.00 bits per heavy atom. The quantitative estimate of drug-likeness (QED) is 0.655. The second-order valence-corrected chi connectivity index (χ2v) is 5.42. The molecule has 0 aliphatic rings. The molecule has 0 aliphatic heterocycles. The van der Waals surface area contributed by atoms with Crippen molar-refractivity contribution in [2.75, 3.05) is 26.0 Å². The summed E-state index contributed by atoms with van der Waals surface area (Å²) in [6.45, 7) is 3.14. The Morgan fingerprint density at radius 2 is 2.20 bits per heavy atom. The summed E-state index contributed by atoms with van der Waals surface area (Å²) in [7, 11) is 1.61. The van der Waals surface area contributed by atoms with Crippen molar-refractivity contribution in [2.45, 2.75) is 11.9 Å². The lowest BCUT2D eigenvalue weighted by molar-refractivity contribution is -0.118. The first-order valence-electron chi connectivity index (χ1n) is 6.45. The molecule has 2 aromatic rings. The van der Waals surface area contributed by atoms with Crippen LogP contribution >= 0.6 is 11.8 Å². The molecule has 106 valence electrons. The van der Waals surface area contributed by atoms with Crippen molar-refractivity contribution in [3.8, 4) is 0 Å². The molecule has 5 heteroatoms. The number of hydrogen-bond acceptors (Lipinski definition) is 4. The van der Waals surface area contributed by atoms with Crippen LogP contribution in [0.4, 0.5) is 0 Å². The van der Waals surface area contributed by atoms with Crippen LogP contribution in [0.1, 0.15) is 5.56 Å². The first-order chi connectivity index (χ1) is 9.70. The third-order valence-electron chi connectivity index (χ3n) is 2.88. The van der Waals surface area contributed by atoms with E-state index in [0.29, 0.717) is 18.9 Å². The molecular formula is C15H18N2O2S. The minimum atomic E-state index is -0.000313. The van der Waals surface area contributed by atoms with E-state index in [1.807, 2.05) is 24.3 Å². The standard InChI is InChI=1S/C15H18N2O2S/c1-11-9-15(17-13-6-4-3-5-12(11)13)20-10-14(18)16-7-8-19-2/h3-6,9H,7-8,10H2,1-2H3,(H,16,18). The van der Waals surface area contributed by atoms with Crippen LogP contribution in [0.3, 0.4) is 0 Å². The number of nitrogens with one attached hydrogen (secondary N) is 1. The van der Waals surface area contributed by atoms with Gasteiger partial charge in [-0.25, -0.2) is 4.98 Å². The minimum absolute atomic E-state index is 0.000313. The molecule has 0 saturated carbocycles. The fraction of sp³-hybridized carbons (Fsp3) is 0.333. The third kappa shape index (κ3) is 3.95. The number of nitrogens with zero attached hydrogens (tertiary/aromatic N) is 1. The topological polar surface area (TPSA) is 51.2 Å². The molecule has 0 spiro atoms. The molecule has 0 fully saturated rings. The maximum atomic E-state index is 11.6. The average Bonchev–Trinajstić information content (AvgIpc) is 2.45. The predicted octanol–water partition coefficient (Wildman–Crippen LogP) is 2.40. The zero-order chi connectivity index (χ0) is 14.4. The molecular weight excluding hydrogens is 272 g/mol. The van der Waals surface area contributed by atoms with Gasteiger partial charge in [-0.3, -0.25) is 4.79 Å². The summed E-state index contributed by atoms with van der Waals surface area (Å²) in [5, 5.41) is 4.82. The van der Waals surface area contributed by atoms with Gasteiger partial charge in [-0.2, -0.15) is 0 Å². The van der Waals surface area contributed by atoms with Crippen molar-refractivity contribution in [2.24, 2.45) is 0 Å². The summed E-state index contributed by atoms with van der Waals surface area (Å²) < 4.78 is 4.89. The second kappa shape index (κ2) is 7.26. The number of carbonyl (C=O) groups is 1. The zero-order valence-electron chi connectivity index (χ0n) is 11.7. The fourth-order valence-electron chi connectivity index (χ4n) is 1.88. The highest BCUT2D eigenvalue weighted by molar-refractivity contribution is 7.99. The van der Waals surface area contributed by atoms with Crippen molar-refractivity contribution < 1.29 is 9.53 Å². The molecule has 0 saturated heterocycles. The van der Waals surface area contributed by atoms with Crippen LogP contribution in [-0.4, -0.2) is 36.9 Å². The van der Waals surface area contributed by atoms with Gasteiger partial charge in [-0.15, -0.1) is 0 Å². The molecule has 0 aliphatic carbocycles. The number of aromatic nitrogens is 1. The van der Waals surface area contributed by atoms with Gasteiger partial charge in [0.25, 0.3) is 0 Å². The molecule has 4 nitrogen and oxygen atoms in total. The third-order valence-corrected chi connectivity index (χ3v) is 3.79. The summed E-state index contributed by atoms with van der Waals surface area (Å²) in [6.07, 6.45) is 0. The number of fused-ring (bicyclic) bond motifs is 1. The summed E-state index contributed by atoms with van der Waals surface area (Å²) in [4.78, 5) is 16.2. The number of hydrogen-bond donors (Lipinski definition) is 1. The Kier molecular flexibility index (Phi) is 5.38. The summed E-state index contributed by atoms with van der Waals surface area (Å²) in [5.41, 5.74) is 2.15. The van der Waals surface area contributed by atoms with Crippen LogP contribution < -0.4 is 5.32 Å². The number of methoxy groups -OCH3 is 1. The minimum Gasteiger partial charge on any atom is -0.383 e. The number of amides is 1. The zero-order valence-corrected chi connectivity index (χ0v) is 12.5. The number of pyridine rings is 1. The molecule has 1 aromatic carbocycles. The highest BCUT2D eigenvalue weighted by Gasteiger charge is 2.06. The van der Waals surface area contributed by atoms with Crippen molar-refractivity contribution in [1.82, 2.24) is 10.3 Å². The van der Waals surface area contributed by atoms with Crippen molar-refractivity contribution in [3.05, 3.63) is 35.9 Å². The van der Waals surface area contributed by atoms with Gasteiger partial charge in [0.2, 0.25) is 5.91 Å². The van der Waals surface area contributed by atoms with E-state index in [1.54, 1.807) is 7.11 Å². The van der Waals surface area contributed by atoms with E-state index < -0.39 is 0 Å². The normalized spacial score (nSPS) is 10.7. The molecule has 1 N–H and O–H groups in total. The van der Waals surface area contributed by atoms with Gasteiger partial charge < -0.3 is 10.1 Å². The van der Waals surface area contributed by atoms with E-state index >= 15 is 0 Å². The molecule has 1 heterocycles. The summed E-state index contributed by atoms with van der Waals surface area (Å²) >= 11 is 1.45. The maximum absolute atomic E-state index is 11.6. The molecule has 1 aromatic heterocycles. The van der Waals surface area contributed by atoms with Gasteiger partial charge in [0.1, 0.15) is 0 Å². The van der Waals surface area contributed by atoms with E-state index in [4.69, 9.17) is 4.74 Å². The highest BCUT2D eigenvalue weighted by atomic mass is 32.2. The van der Waals surface area contributed by atoms with Crippen molar-refractivity contribution in [1.29, 1.82) is 0 Å². The number of ether oxygens (including phenoxy) is 1. The Morgan fingerprint density at radius 1 is 1.40 bits per heavy atom. The first-order valence-corrected chi connectivity index (χ1v) is 7.44. The summed E-state index contributed by atoms with van der Waals surface area (Å²) in [5.74, 6) is 0.369. The van der Waals surface area contributed by atoms with Gasteiger partial charge in [0, 0.05) is 19.0 Å². The summed E-state index contributed by atoms with van der Waals surface area (Å²) in [6, 6.07) is 10.1. The Bertz CT molecular complexity index is 601. The SMILES string of the molecule is COCCNC(=O)CSc1cc(C)c2ccccc2n1. The lowest BCUT2D eigenvalue weighted by atomic mass is 10.1. The van der Waals surface area contributed by atoms with Crippen LogP contribution in [-0.2, 0) is 9.53 Å². The van der Waals surface area contributed by atoms with E-state index in [1.165, 1.54) is 17.3 Å². The van der Waals surface area contributed by atoms with E-state index in [2.05, 4.69) is 23.3 Å². The lowest BCUT2D eigenvalue weighted by Gasteiger charge is -2.07. The van der Waals surface area contributed by atoms with Crippen LogP contribution in [0.25, 0.3) is 10.9 Å². The van der Waals surface area contributed by atoms with Crippen molar-refractivity contribution >= 4 is 28.6 Å². The first kappa shape index (κ1) is 14.8. The van der Waals surface area contributed by atoms with Crippen molar-refractivity contribution in [3.63, 3.8) is 0 Å². The predicted molar refractivity (Wildman–Crippen MR) is 82.1 cm³/mol. The number of benzene rings is 1. The Labute approximate surface area is 122 Å². The number of carbonyl (C=O) groups excluding carboxylic acids is 1. The Hall–Kier alpha value is -1.59. The van der Waals surface area contributed by atoms with Crippen LogP contribution in [0.15, 0.2) is 35.4 Å². The largest absolute Gasteiger partial charge is 0.383 e. The van der Waals surface area contributed by atoms with Gasteiger partial charge in [-0.1, -0.05) is 30.0 Å². The Balaban J connectivity index is 1.98. The van der Waals surface area contributed by atoms with Crippen LogP contribution in [0, 0.1) is 6.92 Å². The molecule has 0 bridgehead atoms. The molecule has 20 heavy (non-hydrogen) atoms. The molecule has 0 radical (unpaired) electrons. The molecule has 0 atom stereocenters. The maximum Gasteiger partial charge on any atom is 0.230 e.